The molecule has 146 valence electrons. The summed E-state index contributed by atoms with van der Waals surface area (Å²) in [5.74, 6) is 0.183. The van der Waals surface area contributed by atoms with Crippen molar-refractivity contribution in [2.75, 3.05) is 57.1 Å². The van der Waals surface area contributed by atoms with Gasteiger partial charge in [0.15, 0.2) is 0 Å². The first-order chi connectivity index (χ1) is 12.3. The van der Waals surface area contributed by atoms with Crippen molar-refractivity contribution in [3.8, 4) is 5.75 Å². The molecule has 1 aliphatic rings. The zero-order chi connectivity index (χ0) is 19.2. The van der Waals surface area contributed by atoms with Gasteiger partial charge in [0.1, 0.15) is 11.8 Å². The van der Waals surface area contributed by atoms with Crippen molar-refractivity contribution in [2.45, 2.75) is 13.0 Å². The predicted octanol–water partition coefficient (Wildman–Crippen LogP) is 0.298. The van der Waals surface area contributed by atoms with Gasteiger partial charge in [0, 0.05) is 32.2 Å². The van der Waals surface area contributed by atoms with Gasteiger partial charge in [-0.2, -0.15) is 0 Å². The van der Waals surface area contributed by atoms with Crippen LogP contribution in [-0.4, -0.2) is 78.0 Å². The van der Waals surface area contributed by atoms with Crippen molar-refractivity contribution in [3.63, 3.8) is 0 Å². The van der Waals surface area contributed by atoms with Crippen LogP contribution < -0.4 is 14.4 Å². The molecule has 1 atom stereocenters. The molecule has 1 aliphatic heterocycles. The average Bonchev–Trinajstić information content (AvgIpc) is 2.61. The number of benzene rings is 1. The quantitative estimate of drug-likeness (QED) is 0.692. The van der Waals surface area contributed by atoms with E-state index in [-0.39, 0.29) is 5.91 Å². The highest BCUT2D eigenvalue weighted by molar-refractivity contribution is 7.92. The second kappa shape index (κ2) is 9.20. The highest BCUT2D eigenvalue weighted by Crippen LogP contribution is 2.25. The molecule has 0 bridgehead atoms. The molecular formula is C17H27N3O5S. The number of hydrogen-bond acceptors (Lipinski definition) is 6. The first-order valence-corrected chi connectivity index (χ1v) is 10.4. The molecule has 1 heterocycles. The second-order valence-corrected chi connectivity index (χ2v) is 8.04. The van der Waals surface area contributed by atoms with Gasteiger partial charge in [-0.05, 0) is 19.1 Å². The summed E-state index contributed by atoms with van der Waals surface area (Å²) < 4.78 is 36.1. The Morgan fingerprint density at radius 3 is 2.69 bits per heavy atom. The Labute approximate surface area is 155 Å². The summed E-state index contributed by atoms with van der Waals surface area (Å²) in [4.78, 5) is 14.7. The van der Waals surface area contributed by atoms with Crippen LogP contribution >= 0.6 is 0 Å². The molecule has 1 aromatic carbocycles. The summed E-state index contributed by atoms with van der Waals surface area (Å²) in [6.07, 6.45) is 1.09. The van der Waals surface area contributed by atoms with Crippen LogP contribution in [0.3, 0.4) is 0 Å². The van der Waals surface area contributed by atoms with Gasteiger partial charge < -0.3 is 14.8 Å². The van der Waals surface area contributed by atoms with Crippen LogP contribution in [-0.2, 0) is 19.6 Å². The molecule has 8 nitrogen and oxygen atoms in total. The first kappa shape index (κ1) is 20.5. The highest BCUT2D eigenvalue weighted by Gasteiger charge is 2.29. The Hall–Kier alpha value is -1.84. The summed E-state index contributed by atoms with van der Waals surface area (Å²) in [5, 5.41) is 2.82. The monoisotopic (exact) mass is 385 g/mol. The van der Waals surface area contributed by atoms with Crippen molar-refractivity contribution in [3.05, 3.63) is 24.3 Å². The molecule has 0 spiro atoms. The number of carbonyl (C=O) groups excluding carboxylic acids is 1. The van der Waals surface area contributed by atoms with Crippen LogP contribution in [0.1, 0.15) is 6.92 Å². The van der Waals surface area contributed by atoms with E-state index in [0.29, 0.717) is 37.7 Å². The molecular weight excluding hydrogens is 358 g/mol. The molecule has 1 N–H and O–H groups in total. The molecule has 1 aromatic rings. The number of carbonyl (C=O) groups is 1. The number of nitrogens with zero attached hydrogens (tertiary/aromatic N) is 2. The van der Waals surface area contributed by atoms with Gasteiger partial charge in [-0.1, -0.05) is 6.07 Å². The number of nitrogens with one attached hydrogen (secondary N) is 1. The minimum Gasteiger partial charge on any atom is -0.497 e. The predicted molar refractivity (Wildman–Crippen MR) is 100 cm³/mol. The van der Waals surface area contributed by atoms with E-state index in [1.165, 1.54) is 7.11 Å². The molecule has 0 unspecified atom stereocenters. The highest BCUT2D eigenvalue weighted by atomic mass is 32.2. The van der Waals surface area contributed by atoms with Crippen molar-refractivity contribution >= 4 is 21.6 Å². The van der Waals surface area contributed by atoms with Gasteiger partial charge in [0.25, 0.3) is 0 Å². The number of hydrogen-bond donors (Lipinski definition) is 1. The lowest BCUT2D eigenvalue weighted by Gasteiger charge is -2.29. The Bertz CT molecular complexity index is 704. The largest absolute Gasteiger partial charge is 0.497 e. The van der Waals surface area contributed by atoms with Crippen LogP contribution in [0.2, 0.25) is 0 Å². The standard InChI is InChI=1S/C17H27N3O5S/c1-14(17(21)18-7-8-19-9-11-25-12-10-19)20(26(3,22)23)15-5-4-6-16(13-15)24-2/h4-6,13-14H,7-12H2,1-3H3,(H,18,21)/t14-/m0/s1. The summed E-state index contributed by atoms with van der Waals surface area (Å²) in [6, 6.07) is 5.77. The number of amides is 1. The Kier molecular flexibility index (Phi) is 7.24. The fourth-order valence-corrected chi connectivity index (χ4v) is 4.03. The van der Waals surface area contributed by atoms with Gasteiger partial charge in [0.05, 0.1) is 32.3 Å². The fourth-order valence-electron chi connectivity index (χ4n) is 2.87. The van der Waals surface area contributed by atoms with Crippen LogP contribution in [0.4, 0.5) is 5.69 Å². The van der Waals surface area contributed by atoms with E-state index in [1.807, 2.05) is 0 Å². The number of methoxy groups -OCH3 is 1. The molecule has 1 fully saturated rings. The van der Waals surface area contributed by atoms with Crippen LogP contribution in [0.25, 0.3) is 0 Å². The number of anilines is 1. The third-order valence-corrected chi connectivity index (χ3v) is 5.47. The minimum atomic E-state index is -3.64. The van der Waals surface area contributed by atoms with Gasteiger partial charge in [-0.15, -0.1) is 0 Å². The minimum absolute atomic E-state index is 0.341. The second-order valence-electron chi connectivity index (χ2n) is 6.18. The smallest absolute Gasteiger partial charge is 0.243 e. The summed E-state index contributed by atoms with van der Waals surface area (Å²) in [7, 11) is -2.14. The molecule has 9 heteroatoms. The number of morpholine rings is 1. The van der Waals surface area contributed by atoms with Gasteiger partial charge in [-0.3, -0.25) is 14.0 Å². The van der Waals surface area contributed by atoms with Gasteiger partial charge in [-0.25, -0.2) is 8.42 Å². The van der Waals surface area contributed by atoms with Crippen molar-refractivity contribution in [2.24, 2.45) is 0 Å². The third kappa shape index (κ3) is 5.58. The lowest BCUT2D eigenvalue weighted by Crippen LogP contribution is -2.49. The van der Waals surface area contributed by atoms with Crippen LogP contribution in [0.15, 0.2) is 24.3 Å². The molecule has 26 heavy (non-hydrogen) atoms. The Balaban J connectivity index is 2.03. The van der Waals surface area contributed by atoms with Crippen molar-refractivity contribution in [1.29, 1.82) is 0 Å². The third-order valence-electron chi connectivity index (χ3n) is 4.23. The first-order valence-electron chi connectivity index (χ1n) is 8.54. The molecule has 0 radical (unpaired) electrons. The van der Waals surface area contributed by atoms with E-state index in [0.717, 1.165) is 23.7 Å². The van der Waals surface area contributed by atoms with E-state index in [9.17, 15) is 13.2 Å². The number of sulfonamides is 1. The lowest BCUT2D eigenvalue weighted by molar-refractivity contribution is -0.121. The van der Waals surface area contributed by atoms with E-state index in [1.54, 1.807) is 31.2 Å². The molecule has 1 amide bonds. The van der Waals surface area contributed by atoms with Gasteiger partial charge >= 0.3 is 0 Å². The van der Waals surface area contributed by atoms with Crippen molar-refractivity contribution in [1.82, 2.24) is 10.2 Å². The SMILES string of the molecule is COc1cccc(N([C@@H](C)C(=O)NCCN2CCOCC2)S(C)(=O)=O)c1. The molecule has 0 saturated carbocycles. The molecule has 1 saturated heterocycles. The molecule has 0 aliphatic carbocycles. The average molecular weight is 385 g/mol. The summed E-state index contributed by atoms with van der Waals surface area (Å²) >= 11 is 0. The van der Waals surface area contributed by atoms with Crippen LogP contribution in [0.5, 0.6) is 5.75 Å². The number of rotatable bonds is 8. The van der Waals surface area contributed by atoms with E-state index >= 15 is 0 Å². The number of ether oxygens (including phenoxy) is 2. The normalized spacial score (nSPS) is 16.7. The lowest BCUT2D eigenvalue weighted by atomic mass is 10.2. The molecule has 2 rings (SSSR count). The summed E-state index contributed by atoms with van der Waals surface area (Å²) in [6.45, 7) is 5.81. The Morgan fingerprint density at radius 2 is 2.08 bits per heavy atom. The zero-order valence-electron chi connectivity index (χ0n) is 15.5. The fraction of sp³-hybridized carbons (Fsp3) is 0.588. The van der Waals surface area contributed by atoms with E-state index in [4.69, 9.17) is 9.47 Å². The maximum atomic E-state index is 12.5. The topological polar surface area (TPSA) is 88.2 Å². The van der Waals surface area contributed by atoms with Gasteiger partial charge in [0.2, 0.25) is 15.9 Å². The Morgan fingerprint density at radius 1 is 1.38 bits per heavy atom. The summed E-state index contributed by atoms with van der Waals surface area (Å²) in [5.41, 5.74) is 0.391. The van der Waals surface area contributed by atoms with E-state index < -0.39 is 16.1 Å². The maximum Gasteiger partial charge on any atom is 0.243 e. The van der Waals surface area contributed by atoms with Crippen LogP contribution in [0, 0.1) is 0 Å². The van der Waals surface area contributed by atoms with Crippen molar-refractivity contribution < 1.29 is 22.7 Å². The maximum absolute atomic E-state index is 12.5. The van der Waals surface area contributed by atoms with E-state index in [2.05, 4.69) is 10.2 Å². The zero-order valence-corrected chi connectivity index (χ0v) is 16.3. The molecule has 0 aromatic heterocycles.